The van der Waals surface area contributed by atoms with Crippen LogP contribution in [0.5, 0.6) is 0 Å². The third kappa shape index (κ3) is 3.58. The van der Waals surface area contributed by atoms with Crippen LogP contribution < -0.4 is 10.4 Å². The van der Waals surface area contributed by atoms with E-state index < -0.39 is 11.7 Å². The number of fused-ring (bicyclic) bond motifs is 1. The van der Waals surface area contributed by atoms with Crippen LogP contribution >= 0.6 is 0 Å². The monoisotopic (exact) mass is 427 g/mol. The van der Waals surface area contributed by atoms with Crippen molar-refractivity contribution in [1.29, 1.82) is 0 Å². The van der Waals surface area contributed by atoms with Gasteiger partial charge in [0, 0.05) is 0 Å². The first-order valence-corrected chi connectivity index (χ1v) is 9.05. The molecule has 1 aliphatic rings. The van der Waals surface area contributed by atoms with Crippen molar-refractivity contribution in [3.63, 3.8) is 0 Å². The molecular weight excluding hydrogens is 414 g/mol. The standard InChI is InChI=1S/C20H13AsF3N3/c21-18-11-14(17-5-1-3-13-4-2-10-25-19(13)17)12-27(26-18)16-8-6-15(7-9-16)20(22,23)24/h1-12,26H. The first-order chi connectivity index (χ1) is 12.9. The van der Waals surface area contributed by atoms with Gasteiger partial charge in [-0.2, -0.15) is 0 Å². The van der Waals surface area contributed by atoms with E-state index in [4.69, 9.17) is 0 Å². The number of aromatic nitrogens is 1. The molecule has 4 rings (SSSR count). The van der Waals surface area contributed by atoms with Gasteiger partial charge in [0.25, 0.3) is 0 Å². The van der Waals surface area contributed by atoms with Gasteiger partial charge in [0.15, 0.2) is 0 Å². The Bertz CT molecular complexity index is 1050. The molecule has 0 amide bonds. The summed E-state index contributed by atoms with van der Waals surface area (Å²) < 4.78 is 39.2. The molecule has 3 nitrogen and oxygen atoms in total. The zero-order valence-electron chi connectivity index (χ0n) is 13.9. The molecule has 7 heteroatoms. The van der Waals surface area contributed by atoms with Gasteiger partial charge in [-0.1, -0.05) is 0 Å². The van der Waals surface area contributed by atoms with E-state index in [9.17, 15) is 13.2 Å². The molecule has 0 fully saturated rings. The normalized spacial score (nSPS) is 14.6. The van der Waals surface area contributed by atoms with Crippen LogP contribution in [0.15, 0.2) is 77.6 Å². The average molecular weight is 427 g/mol. The third-order valence-corrected chi connectivity index (χ3v) is 4.69. The van der Waals surface area contributed by atoms with Crippen LogP contribution in [0.4, 0.5) is 18.9 Å². The second-order valence-electron chi connectivity index (χ2n) is 6.02. The molecule has 134 valence electrons. The maximum atomic E-state index is 12.8. The molecule has 0 unspecified atom stereocenters. The predicted molar refractivity (Wildman–Crippen MR) is 101 cm³/mol. The number of hydrogen-bond acceptors (Lipinski definition) is 3. The molecule has 2 aromatic carbocycles. The molecule has 0 aliphatic carbocycles. The van der Waals surface area contributed by atoms with E-state index in [0.29, 0.717) is 5.69 Å². The zero-order valence-corrected chi connectivity index (χ0v) is 15.8. The van der Waals surface area contributed by atoms with Gasteiger partial charge >= 0.3 is 162 Å². The minimum absolute atomic E-state index is 0.602. The van der Waals surface area contributed by atoms with E-state index in [1.54, 1.807) is 11.2 Å². The number of nitrogens with zero attached hydrogens (tertiary/aromatic N) is 2. The van der Waals surface area contributed by atoms with Crippen molar-refractivity contribution in [2.24, 2.45) is 0 Å². The molecule has 0 bridgehead atoms. The zero-order chi connectivity index (χ0) is 19.0. The van der Waals surface area contributed by atoms with Crippen molar-refractivity contribution >= 4 is 39.0 Å². The van der Waals surface area contributed by atoms with Gasteiger partial charge in [0.2, 0.25) is 0 Å². The number of hydrazine groups is 1. The summed E-state index contributed by atoms with van der Waals surface area (Å²) in [6, 6.07) is 14.8. The van der Waals surface area contributed by atoms with Gasteiger partial charge in [0.05, 0.1) is 0 Å². The average Bonchev–Trinajstić information content (AvgIpc) is 2.66. The molecule has 1 N–H and O–H groups in total. The van der Waals surface area contributed by atoms with E-state index >= 15 is 0 Å². The van der Waals surface area contributed by atoms with Crippen molar-refractivity contribution in [1.82, 2.24) is 10.4 Å². The SMILES string of the molecule is FC(F)(F)c1ccc(N2C=C(c3cccc4cccnc34)C=C([As])N2)cc1. The second kappa shape index (κ2) is 6.78. The third-order valence-electron chi connectivity index (χ3n) is 4.21. The number of pyridine rings is 1. The van der Waals surface area contributed by atoms with Gasteiger partial charge in [-0.15, -0.1) is 0 Å². The van der Waals surface area contributed by atoms with E-state index in [0.717, 1.165) is 38.7 Å². The molecule has 0 atom stereocenters. The topological polar surface area (TPSA) is 28.2 Å². The van der Waals surface area contributed by atoms with E-state index in [-0.39, 0.29) is 0 Å². The Morgan fingerprint density at radius 3 is 2.44 bits per heavy atom. The van der Waals surface area contributed by atoms with Crippen molar-refractivity contribution < 1.29 is 13.2 Å². The van der Waals surface area contributed by atoms with E-state index in [2.05, 4.69) is 27.3 Å². The van der Waals surface area contributed by atoms with Crippen LogP contribution in [0.2, 0.25) is 0 Å². The Labute approximate surface area is 162 Å². The molecule has 1 aromatic heterocycles. The van der Waals surface area contributed by atoms with Crippen LogP contribution in [-0.4, -0.2) is 21.8 Å². The molecule has 1 aliphatic heterocycles. The number of alkyl halides is 3. The van der Waals surface area contributed by atoms with Crippen molar-refractivity contribution in [2.75, 3.05) is 5.01 Å². The summed E-state index contributed by atoms with van der Waals surface area (Å²) in [5.41, 5.74) is 5.79. The summed E-state index contributed by atoms with van der Waals surface area (Å²) in [4.78, 5) is 4.48. The number of para-hydroxylation sites is 1. The Balaban J connectivity index is 1.74. The molecular formula is C20H13AsF3N3. The van der Waals surface area contributed by atoms with Crippen molar-refractivity contribution in [2.45, 2.75) is 6.18 Å². The quantitative estimate of drug-likeness (QED) is 0.605. The van der Waals surface area contributed by atoms with Gasteiger partial charge in [-0.05, 0) is 0 Å². The molecule has 0 spiro atoms. The fourth-order valence-electron chi connectivity index (χ4n) is 2.95. The number of benzene rings is 2. The number of nitrogens with one attached hydrogen (secondary N) is 1. The second-order valence-corrected chi connectivity index (χ2v) is 7.03. The molecule has 0 saturated heterocycles. The van der Waals surface area contributed by atoms with Crippen molar-refractivity contribution in [3.05, 3.63) is 88.7 Å². The Morgan fingerprint density at radius 1 is 0.963 bits per heavy atom. The minimum atomic E-state index is -4.35. The van der Waals surface area contributed by atoms with Gasteiger partial charge in [0.1, 0.15) is 0 Å². The molecule has 3 aromatic rings. The van der Waals surface area contributed by atoms with Crippen LogP contribution in [0, 0.1) is 0 Å². The summed E-state index contributed by atoms with van der Waals surface area (Å²) in [6.45, 7) is 0. The van der Waals surface area contributed by atoms with E-state index in [1.165, 1.54) is 12.1 Å². The number of rotatable bonds is 2. The van der Waals surface area contributed by atoms with Gasteiger partial charge in [-0.25, -0.2) is 0 Å². The van der Waals surface area contributed by atoms with Crippen LogP contribution in [0.3, 0.4) is 0 Å². The number of halogens is 3. The number of hydrogen-bond donors (Lipinski definition) is 1. The molecule has 0 saturated carbocycles. The molecule has 2 radical (unpaired) electrons. The van der Waals surface area contributed by atoms with Crippen LogP contribution in [0.25, 0.3) is 16.5 Å². The molecule has 27 heavy (non-hydrogen) atoms. The Kier molecular flexibility index (Phi) is 4.44. The van der Waals surface area contributed by atoms with E-state index in [1.807, 2.05) is 42.6 Å². The summed E-state index contributed by atoms with van der Waals surface area (Å²) >= 11 is 2.42. The van der Waals surface area contributed by atoms with Gasteiger partial charge in [-0.3, -0.25) is 0 Å². The fraction of sp³-hybridized carbons (Fsp3) is 0.0500. The maximum absolute atomic E-state index is 12.8. The number of allylic oxidation sites excluding steroid dienone is 2. The summed E-state index contributed by atoms with van der Waals surface area (Å²) in [7, 11) is 0. The first kappa shape index (κ1) is 17.7. The summed E-state index contributed by atoms with van der Waals surface area (Å²) in [6.07, 6.45) is 1.21. The first-order valence-electron chi connectivity index (χ1n) is 8.11. The predicted octanol–water partition coefficient (Wildman–Crippen LogP) is 4.63. The Hall–Kier alpha value is -2.72. The summed E-state index contributed by atoms with van der Waals surface area (Å²) in [5.74, 6) is 0. The number of anilines is 1. The van der Waals surface area contributed by atoms with Crippen LogP contribution in [0.1, 0.15) is 11.1 Å². The molecule has 2 heterocycles. The summed E-state index contributed by atoms with van der Waals surface area (Å²) in [5, 5.41) is 2.72. The van der Waals surface area contributed by atoms with Crippen LogP contribution in [-0.2, 0) is 6.18 Å². The van der Waals surface area contributed by atoms with Crippen molar-refractivity contribution in [3.8, 4) is 0 Å². The fourth-order valence-corrected chi connectivity index (χ4v) is 3.46. The Morgan fingerprint density at radius 2 is 1.70 bits per heavy atom. The van der Waals surface area contributed by atoms with Gasteiger partial charge < -0.3 is 0 Å².